The van der Waals surface area contributed by atoms with Crippen LogP contribution in [0.5, 0.6) is 0 Å². The molecule has 0 aliphatic carbocycles. The SMILES string of the molecule is CN(C)c1cc(N(C)C)c2ccccc2c1. The second-order valence-corrected chi connectivity index (χ2v) is 4.47. The van der Waals surface area contributed by atoms with Crippen molar-refractivity contribution in [1.29, 1.82) is 0 Å². The molecule has 0 fully saturated rings. The first-order chi connectivity index (χ1) is 7.59. The van der Waals surface area contributed by atoms with Crippen LogP contribution in [-0.4, -0.2) is 28.2 Å². The predicted molar refractivity (Wildman–Crippen MR) is 72.6 cm³/mol. The summed E-state index contributed by atoms with van der Waals surface area (Å²) in [5.74, 6) is 0. The lowest BCUT2D eigenvalue weighted by Crippen LogP contribution is -2.12. The summed E-state index contributed by atoms with van der Waals surface area (Å²) < 4.78 is 0. The Morgan fingerprint density at radius 2 is 1.50 bits per heavy atom. The fourth-order valence-corrected chi connectivity index (χ4v) is 1.90. The number of nitrogens with zero attached hydrogens (tertiary/aromatic N) is 2. The Balaban J connectivity index is 2.74. The number of anilines is 2. The van der Waals surface area contributed by atoms with E-state index in [-0.39, 0.29) is 0 Å². The molecule has 0 amide bonds. The zero-order chi connectivity index (χ0) is 11.7. The Kier molecular flexibility index (Phi) is 2.73. The molecule has 0 aliphatic rings. The molecule has 2 heteroatoms. The van der Waals surface area contributed by atoms with Crippen LogP contribution in [0.15, 0.2) is 36.4 Å². The topological polar surface area (TPSA) is 6.48 Å². The van der Waals surface area contributed by atoms with Gasteiger partial charge in [0.2, 0.25) is 0 Å². The van der Waals surface area contributed by atoms with Crippen molar-refractivity contribution in [3.05, 3.63) is 36.4 Å². The average molecular weight is 214 g/mol. The molecule has 2 rings (SSSR count). The Hall–Kier alpha value is -1.70. The average Bonchev–Trinajstić information content (AvgIpc) is 2.27. The van der Waals surface area contributed by atoms with Gasteiger partial charge in [-0.2, -0.15) is 0 Å². The van der Waals surface area contributed by atoms with Gasteiger partial charge in [-0.05, 0) is 17.5 Å². The second-order valence-electron chi connectivity index (χ2n) is 4.47. The summed E-state index contributed by atoms with van der Waals surface area (Å²) >= 11 is 0. The molecule has 84 valence electrons. The molecule has 0 atom stereocenters. The van der Waals surface area contributed by atoms with Crippen LogP contribution >= 0.6 is 0 Å². The Labute approximate surface area is 97.1 Å². The maximum atomic E-state index is 2.22. The highest BCUT2D eigenvalue weighted by atomic mass is 15.1. The van der Waals surface area contributed by atoms with Gasteiger partial charge in [0, 0.05) is 45.0 Å². The molecule has 2 aromatic carbocycles. The Morgan fingerprint density at radius 1 is 0.812 bits per heavy atom. The van der Waals surface area contributed by atoms with Gasteiger partial charge in [-0.1, -0.05) is 24.3 Å². The minimum atomic E-state index is 1.24. The number of benzene rings is 2. The van der Waals surface area contributed by atoms with Crippen molar-refractivity contribution in [2.75, 3.05) is 38.0 Å². The van der Waals surface area contributed by atoms with Crippen LogP contribution in [0.25, 0.3) is 10.8 Å². The van der Waals surface area contributed by atoms with Crippen LogP contribution in [0, 0.1) is 0 Å². The number of fused-ring (bicyclic) bond motifs is 1. The Morgan fingerprint density at radius 3 is 2.12 bits per heavy atom. The van der Waals surface area contributed by atoms with Gasteiger partial charge < -0.3 is 9.80 Å². The highest BCUT2D eigenvalue weighted by molar-refractivity contribution is 5.97. The first-order valence-electron chi connectivity index (χ1n) is 5.47. The van der Waals surface area contributed by atoms with Crippen molar-refractivity contribution in [1.82, 2.24) is 0 Å². The van der Waals surface area contributed by atoms with Gasteiger partial charge in [0.1, 0.15) is 0 Å². The molecule has 0 unspecified atom stereocenters. The van der Waals surface area contributed by atoms with Crippen molar-refractivity contribution in [3.8, 4) is 0 Å². The van der Waals surface area contributed by atoms with Crippen molar-refractivity contribution in [2.45, 2.75) is 0 Å². The van der Waals surface area contributed by atoms with Gasteiger partial charge in [0.05, 0.1) is 0 Å². The molecule has 0 radical (unpaired) electrons. The second kappa shape index (κ2) is 4.05. The third-order valence-electron chi connectivity index (χ3n) is 2.82. The van der Waals surface area contributed by atoms with Gasteiger partial charge in [0.15, 0.2) is 0 Å². The van der Waals surface area contributed by atoms with Crippen LogP contribution in [0.1, 0.15) is 0 Å². The molecule has 0 saturated carbocycles. The van der Waals surface area contributed by atoms with E-state index < -0.39 is 0 Å². The van der Waals surface area contributed by atoms with Crippen LogP contribution < -0.4 is 9.80 Å². The summed E-state index contributed by atoms with van der Waals surface area (Å²) in [5, 5.41) is 2.59. The highest BCUT2D eigenvalue weighted by Gasteiger charge is 2.06. The van der Waals surface area contributed by atoms with Gasteiger partial charge in [-0.3, -0.25) is 0 Å². The molecule has 16 heavy (non-hydrogen) atoms. The normalized spacial score (nSPS) is 10.5. The quantitative estimate of drug-likeness (QED) is 0.758. The fraction of sp³-hybridized carbons (Fsp3) is 0.286. The van der Waals surface area contributed by atoms with Crippen LogP contribution in [0.4, 0.5) is 11.4 Å². The summed E-state index contributed by atoms with van der Waals surface area (Å²) in [6, 6.07) is 13.0. The van der Waals surface area contributed by atoms with Crippen LogP contribution in [0.2, 0.25) is 0 Å². The van der Waals surface area contributed by atoms with Crippen LogP contribution in [0.3, 0.4) is 0 Å². The van der Waals surface area contributed by atoms with E-state index in [1.54, 1.807) is 0 Å². The lowest BCUT2D eigenvalue weighted by molar-refractivity contribution is 1.11. The van der Waals surface area contributed by atoms with E-state index in [1.165, 1.54) is 22.1 Å². The van der Waals surface area contributed by atoms with Crippen molar-refractivity contribution in [2.24, 2.45) is 0 Å². The minimum absolute atomic E-state index is 1.24. The van der Waals surface area contributed by atoms with E-state index in [2.05, 4.69) is 74.4 Å². The third-order valence-corrected chi connectivity index (χ3v) is 2.82. The lowest BCUT2D eigenvalue weighted by atomic mass is 10.1. The van der Waals surface area contributed by atoms with Crippen LogP contribution in [-0.2, 0) is 0 Å². The lowest BCUT2D eigenvalue weighted by Gasteiger charge is -2.20. The molecule has 0 heterocycles. The van der Waals surface area contributed by atoms with E-state index in [0.29, 0.717) is 0 Å². The first-order valence-corrected chi connectivity index (χ1v) is 5.47. The van der Waals surface area contributed by atoms with Gasteiger partial charge in [0.25, 0.3) is 0 Å². The molecular formula is C14H18N2. The third kappa shape index (κ3) is 1.83. The molecular weight excluding hydrogens is 196 g/mol. The summed E-state index contributed by atoms with van der Waals surface area (Å²) in [7, 11) is 8.32. The number of hydrogen-bond acceptors (Lipinski definition) is 2. The fourth-order valence-electron chi connectivity index (χ4n) is 1.90. The molecule has 0 spiro atoms. The van der Waals surface area contributed by atoms with E-state index in [1.807, 2.05) is 0 Å². The number of rotatable bonds is 2. The van der Waals surface area contributed by atoms with Gasteiger partial charge in [-0.25, -0.2) is 0 Å². The first kappa shape index (κ1) is 10.8. The summed E-state index contributed by atoms with van der Waals surface area (Å²) in [4.78, 5) is 4.30. The largest absolute Gasteiger partial charge is 0.378 e. The summed E-state index contributed by atoms with van der Waals surface area (Å²) in [6.45, 7) is 0. The zero-order valence-corrected chi connectivity index (χ0v) is 10.4. The van der Waals surface area contributed by atoms with E-state index in [9.17, 15) is 0 Å². The van der Waals surface area contributed by atoms with Crippen molar-refractivity contribution < 1.29 is 0 Å². The molecule has 0 aliphatic heterocycles. The standard InChI is InChI=1S/C14H18N2/c1-15(2)12-9-11-7-5-6-8-13(11)14(10-12)16(3)4/h5-10H,1-4H3. The zero-order valence-electron chi connectivity index (χ0n) is 10.4. The smallest absolute Gasteiger partial charge is 0.0461 e. The Bertz CT molecular complexity index is 501. The molecule has 2 aromatic rings. The van der Waals surface area contributed by atoms with E-state index in [0.717, 1.165) is 0 Å². The van der Waals surface area contributed by atoms with E-state index in [4.69, 9.17) is 0 Å². The molecule has 0 bridgehead atoms. The van der Waals surface area contributed by atoms with Gasteiger partial charge in [-0.15, -0.1) is 0 Å². The number of hydrogen-bond donors (Lipinski definition) is 0. The monoisotopic (exact) mass is 214 g/mol. The van der Waals surface area contributed by atoms with Crippen molar-refractivity contribution >= 4 is 22.1 Å². The minimum Gasteiger partial charge on any atom is -0.378 e. The highest BCUT2D eigenvalue weighted by Crippen LogP contribution is 2.30. The maximum Gasteiger partial charge on any atom is 0.0461 e. The predicted octanol–water partition coefficient (Wildman–Crippen LogP) is 2.97. The summed E-state index contributed by atoms with van der Waals surface area (Å²) in [6.07, 6.45) is 0. The molecule has 0 saturated heterocycles. The summed E-state index contributed by atoms with van der Waals surface area (Å²) in [5.41, 5.74) is 2.50. The molecule has 0 N–H and O–H groups in total. The van der Waals surface area contributed by atoms with Crippen molar-refractivity contribution in [3.63, 3.8) is 0 Å². The molecule has 0 aromatic heterocycles. The van der Waals surface area contributed by atoms with Gasteiger partial charge >= 0.3 is 0 Å². The van der Waals surface area contributed by atoms with E-state index >= 15 is 0 Å². The maximum absolute atomic E-state index is 2.22. The molecule has 2 nitrogen and oxygen atoms in total.